The van der Waals surface area contributed by atoms with Gasteiger partial charge in [0.05, 0.1) is 18.8 Å². The number of hydrogen-bond acceptors (Lipinski definition) is 3. The lowest BCUT2D eigenvalue weighted by Gasteiger charge is -2.28. The summed E-state index contributed by atoms with van der Waals surface area (Å²) in [6.45, 7) is 14.3. The van der Waals surface area contributed by atoms with Crippen LogP contribution < -0.4 is 0 Å². The van der Waals surface area contributed by atoms with Crippen LogP contribution >= 0.6 is 0 Å². The zero-order valence-corrected chi connectivity index (χ0v) is 34.2. The first-order chi connectivity index (χ1) is 23.6. The molecular weight excluding hydrogens is 588 g/mol. The summed E-state index contributed by atoms with van der Waals surface area (Å²) in [7, 11) is 0. The maximum absolute atomic E-state index is 6.32. The minimum Gasteiger partial charge on any atom is -0.379 e. The molecule has 290 valence electrons. The van der Waals surface area contributed by atoms with Gasteiger partial charge >= 0.3 is 0 Å². The van der Waals surface area contributed by atoms with Crippen molar-refractivity contribution in [1.82, 2.24) is 0 Å². The highest BCUT2D eigenvalue weighted by Crippen LogP contribution is 2.18. The normalized spacial score (nSPS) is 12.7. The van der Waals surface area contributed by atoms with Crippen molar-refractivity contribution in [3.8, 4) is 0 Å². The van der Waals surface area contributed by atoms with Crippen molar-refractivity contribution in [2.75, 3.05) is 26.4 Å². The molecule has 0 spiro atoms. The molecule has 1 atom stereocenters. The summed E-state index contributed by atoms with van der Waals surface area (Å²) in [6, 6.07) is 0. The fourth-order valence-electron chi connectivity index (χ4n) is 7.00. The minimum absolute atomic E-state index is 0.0542. The van der Waals surface area contributed by atoms with E-state index in [1.54, 1.807) is 0 Å². The highest BCUT2D eigenvalue weighted by atomic mass is 16.6. The molecule has 3 nitrogen and oxygen atoms in total. The Morgan fingerprint density at radius 2 is 0.667 bits per heavy atom. The summed E-state index contributed by atoms with van der Waals surface area (Å²) in [5, 5.41) is 0. The second kappa shape index (κ2) is 39.7. The van der Waals surface area contributed by atoms with Crippen LogP contribution in [0.25, 0.3) is 0 Å². The van der Waals surface area contributed by atoms with Gasteiger partial charge in [0.2, 0.25) is 0 Å². The Kier molecular flexibility index (Phi) is 39.6. The lowest BCUT2D eigenvalue weighted by molar-refractivity contribution is -0.105. The second-order valence-corrected chi connectivity index (χ2v) is 16.0. The van der Waals surface area contributed by atoms with Gasteiger partial charge in [0, 0.05) is 13.2 Å². The molecule has 0 saturated heterocycles. The summed E-state index contributed by atoms with van der Waals surface area (Å²) in [6.07, 6.45) is 47.2. The second-order valence-electron chi connectivity index (χ2n) is 16.0. The van der Waals surface area contributed by atoms with Gasteiger partial charge in [-0.25, -0.2) is 0 Å². The zero-order chi connectivity index (χ0) is 35.1. The molecule has 0 fully saturated rings. The van der Waals surface area contributed by atoms with Crippen LogP contribution in [0.4, 0.5) is 0 Å². The van der Waals surface area contributed by atoms with Crippen LogP contribution in [0, 0.1) is 0 Å². The molecule has 1 unspecified atom stereocenters. The molecule has 48 heavy (non-hydrogen) atoms. The standard InChI is InChI=1S/C45H92O3/c1-6-9-11-13-15-17-19-21-23-25-27-29-31-33-35-37-40-46-42-44(43-48-45(4,5)39-8-3)47-41-38-36-34-32-30-28-26-24-22-20-18-16-14-12-10-7-2/h44H,6-43H2,1-5H3. The highest BCUT2D eigenvalue weighted by Gasteiger charge is 2.20. The first kappa shape index (κ1) is 47.9. The van der Waals surface area contributed by atoms with Crippen molar-refractivity contribution < 1.29 is 14.2 Å². The van der Waals surface area contributed by atoms with E-state index in [9.17, 15) is 0 Å². The monoisotopic (exact) mass is 681 g/mol. The Morgan fingerprint density at radius 3 is 1.00 bits per heavy atom. The molecule has 0 saturated carbocycles. The number of rotatable bonds is 42. The third-order valence-electron chi connectivity index (χ3n) is 10.3. The molecule has 0 amide bonds. The van der Waals surface area contributed by atoms with E-state index in [2.05, 4.69) is 34.6 Å². The molecule has 0 radical (unpaired) electrons. The van der Waals surface area contributed by atoms with Crippen LogP contribution in [-0.4, -0.2) is 38.1 Å². The van der Waals surface area contributed by atoms with Gasteiger partial charge in [-0.3, -0.25) is 0 Å². The molecule has 0 heterocycles. The summed E-state index contributed by atoms with van der Waals surface area (Å²) in [4.78, 5) is 0. The molecule has 0 aliphatic heterocycles. The topological polar surface area (TPSA) is 27.7 Å². The van der Waals surface area contributed by atoms with Crippen LogP contribution in [0.5, 0.6) is 0 Å². The summed E-state index contributed by atoms with van der Waals surface area (Å²) in [5.41, 5.74) is -0.0848. The molecule has 0 N–H and O–H groups in total. The minimum atomic E-state index is -0.0848. The average Bonchev–Trinajstić information content (AvgIpc) is 3.07. The van der Waals surface area contributed by atoms with E-state index in [1.807, 2.05) is 0 Å². The fourth-order valence-corrected chi connectivity index (χ4v) is 7.00. The average molecular weight is 681 g/mol. The Morgan fingerprint density at radius 1 is 0.354 bits per heavy atom. The van der Waals surface area contributed by atoms with Crippen molar-refractivity contribution in [3.63, 3.8) is 0 Å². The van der Waals surface area contributed by atoms with Gasteiger partial charge in [-0.1, -0.05) is 220 Å². The summed E-state index contributed by atoms with van der Waals surface area (Å²) >= 11 is 0. The number of unbranched alkanes of at least 4 members (excludes halogenated alkanes) is 30. The molecule has 0 aliphatic rings. The lowest BCUT2D eigenvalue weighted by Crippen LogP contribution is -2.33. The largest absolute Gasteiger partial charge is 0.379 e. The van der Waals surface area contributed by atoms with Crippen molar-refractivity contribution in [1.29, 1.82) is 0 Å². The summed E-state index contributed by atoms with van der Waals surface area (Å²) in [5.74, 6) is 0. The van der Waals surface area contributed by atoms with Crippen LogP contribution in [0.3, 0.4) is 0 Å². The zero-order valence-electron chi connectivity index (χ0n) is 34.2. The van der Waals surface area contributed by atoms with Crippen molar-refractivity contribution in [3.05, 3.63) is 0 Å². The van der Waals surface area contributed by atoms with E-state index in [0.29, 0.717) is 13.2 Å². The molecule has 3 heteroatoms. The van der Waals surface area contributed by atoms with Crippen LogP contribution in [-0.2, 0) is 14.2 Å². The van der Waals surface area contributed by atoms with Gasteiger partial charge in [0.1, 0.15) is 6.10 Å². The SMILES string of the molecule is CCCCCCCCCCCCCCCCCCOCC(COC(C)(C)CCC)OCCCCCCCCCCCCCCCCCC. The quantitative estimate of drug-likeness (QED) is 0.0601. The smallest absolute Gasteiger partial charge is 0.104 e. The van der Waals surface area contributed by atoms with Gasteiger partial charge in [0.15, 0.2) is 0 Å². The number of hydrogen-bond donors (Lipinski definition) is 0. The van der Waals surface area contributed by atoms with Crippen LogP contribution in [0.2, 0.25) is 0 Å². The maximum atomic E-state index is 6.32. The van der Waals surface area contributed by atoms with Crippen LogP contribution in [0.1, 0.15) is 253 Å². The Bertz CT molecular complexity index is 577. The molecular formula is C45H92O3. The van der Waals surface area contributed by atoms with E-state index in [0.717, 1.165) is 32.5 Å². The third-order valence-corrected chi connectivity index (χ3v) is 10.3. The van der Waals surface area contributed by atoms with Gasteiger partial charge in [-0.05, 0) is 33.1 Å². The highest BCUT2D eigenvalue weighted by molar-refractivity contribution is 4.69. The molecule has 0 rings (SSSR count). The van der Waals surface area contributed by atoms with E-state index in [-0.39, 0.29) is 11.7 Å². The van der Waals surface area contributed by atoms with Crippen LogP contribution in [0.15, 0.2) is 0 Å². The van der Waals surface area contributed by atoms with Gasteiger partial charge in [-0.2, -0.15) is 0 Å². The van der Waals surface area contributed by atoms with Crippen molar-refractivity contribution in [2.24, 2.45) is 0 Å². The molecule has 0 aromatic carbocycles. The summed E-state index contributed by atoms with van der Waals surface area (Å²) < 4.78 is 18.7. The predicted octanol–water partition coefficient (Wildman–Crippen LogP) is 15.5. The third kappa shape index (κ3) is 38.7. The number of ether oxygens (including phenoxy) is 3. The van der Waals surface area contributed by atoms with Gasteiger partial charge in [0.25, 0.3) is 0 Å². The fraction of sp³-hybridized carbons (Fsp3) is 1.00. The Balaban J connectivity index is 3.77. The van der Waals surface area contributed by atoms with E-state index in [1.165, 1.54) is 199 Å². The maximum Gasteiger partial charge on any atom is 0.104 e. The van der Waals surface area contributed by atoms with Crippen molar-refractivity contribution >= 4 is 0 Å². The van der Waals surface area contributed by atoms with Gasteiger partial charge < -0.3 is 14.2 Å². The molecule has 0 aromatic rings. The molecule has 0 aliphatic carbocycles. The first-order valence-corrected chi connectivity index (χ1v) is 22.4. The van der Waals surface area contributed by atoms with Gasteiger partial charge in [-0.15, -0.1) is 0 Å². The Hall–Kier alpha value is -0.120. The Labute approximate surface area is 304 Å². The van der Waals surface area contributed by atoms with E-state index in [4.69, 9.17) is 14.2 Å². The molecule has 0 bridgehead atoms. The first-order valence-electron chi connectivity index (χ1n) is 22.4. The van der Waals surface area contributed by atoms with E-state index < -0.39 is 0 Å². The lowest BCUT2D eigenvalue weighted by atomic mass is 10.0. The predicted molar refractivity (Wildman–Crippen MR) is 215 cm³/mol. The van der Waals surface area contributed by atoms with E-state index >= 15 is 0 Å². The molecule has 0 aromatic heterocycles. The van der Waals surface area contributed by atoms with Crippen molar-refractivity contribution in [2.45, 2.75) is 265 Å².